The van der Waals surface area contributed by atoms with Crippen molar-refractivity contribution in [2.75, 3.05) is 0 Å². The van der Waals surface area contributed by atoms with Crippen LogP contribution in [0.2, 0.25) is 5.31 Å². The Hall–Kier alpha value is 0.111. The number of nitrogens with zero attached hydrogens (tertiary/aromatic N) is 1. The Balaban J connectivity index is 0.00000133. The molecule has 0 atom stereocenters. The summed E-state index contributed by atoms with van der Waals surface area (Å²) in [5.74, 6) is 0. The number of halogens is 3. The first-order valence-corrected chi connectivity index (χ1v) is 5.72. The topological polar surface area (TPSA) is 43.1 Å². The van der Waals surface area contributed by atoms with Gasteiger partial charge < -0.3 is 12.9 Å². The van der Waals surface area contributed by atoms with Gasteiger partial charge >= 0.3 is 58.4 Å². The second-order valence-electron chi connectivity index (χ2n) is 5.55. The maximum atomic E-state index is 12.8. The van der Waals surface area contributed by atoms with Gasteiger partial charge in [0.1, 0.15) is 0 Å². The molecule has 0 unspecified atom stereocenters. The van der Waals surface area contributed by atoms with Crippen LogP contribution in [0.3, 0.4) is 0 Å². The van der Waals surface area contributed by atoms with E-state index in [4.69, 9.17) is 0 Å². The van der Waals surface area contributed by atoms with E-state index in [0.29, 0.717) is 0 Å². The van der Waals surface area contributed by atoms with Gasteiger partial charge in [-0.15, -0.1) is 0 Å². The Morgan fingerprint density at radius 1 is 1.11 bits per heavy atom. The molecule has 1 aromatic rings. The largest absolute Gasteiger partial charge is 1.00 e. The van der Waals surface area contributed by atoms with E-state index in [1.807, 2.05) is 0 Å². The summed E-state index contributed by atoms with van der Waals surface area (Å²) >= 11 is 0. The average molecular weight is 295 g/mol. The molecule has 0 saturated heterocycles. The van der Waals surface area contributed by atoms with Crippen LogP contribution in [0.4, 0.5) is 18.6 Å². The molecule has 1 aromatic carbocycles. The summed E-state index contributed by atoms with van der Waals surface area (Å²) in [7, 11) is 0. The average Bonchev–Trinajstić information content (AvgIpc) is 2.11. The van der Waals surface area contributed by atoms with Crippen LogP contribution < -0.4 is 51.4 Å². The van der Waals surface area contributed by atoms with Gasteiger partial charge in [-0.1, -0.05) is 36.7 Å². The van der Waals surface area contributed by atoms with Crippen molar-refractivity contribution in [1.29, 1.82) is 0 Å². The quantitative estimate of drug-likeness (QED) is 0.466. The van der Waals surface area contributed by atoms with Crippen LogP contribution >= 0.6 is 0 Å². The van der Waals surface area contributed by atoms with Gasteiger partial charge in [0.05, 0.1) is 4.92 Å². The first-order chi connectivity index (χ1) is 8.28. The van der Waals surface area contributed by atoms with Gasteiger partial charge in [0.25, 0.3) is 5.69 Å². The number of nitro benzene ring substituents is 1. The third-order valence-corrected chi connectivity index (χ3v) is 4.46. The molecule has 3 nitrogen and oxygen atoms in total. The predicted molar refractivity (Wildman–Crippen MR) is 60.4 cm³/mol. The van der Waals surface area contributed by atoms with E-state index in [2.05, 4.69) is 0 Å². The molecule has 0 spiro atoms. The van der Waals surface area contributed by atoms with E-state index in [0.717, 1.165) is 5.56 Å². The number of hydrogen-bond donors (Lipinski definition) is 0. The van der Waals surface area contributed by atoms with Crippen molar-refractivity contribution < 1.29 is 69.3 Å². The minimum absolute atomic E-state index is 0. The maximum absolute atomic E-state index is 12.8. The van der Waals surface area contributed by atoms with E-state index in [1.165, 1.54) is 12.1 Å². The van der Waals surface area contributed by atoms with Gasteiger partial charge in [-0.05, 0) is 11.0 Å². The molecular weight excluding hydrogens is 285 g/mol. The summed E-state index contributed by atoms with van der Waals surface area (Å²) in [6, 6.07) is 5.90. The Bertz CT molecular complexity index is 512. The molecule has 2 bridgehead atoms. The smallest absolute Gasteiger partial charge is 0.449 e. The number of benzene rings is 1. The van der Waals surface area contributed by atoms with Crippen molar-refractivity contribution in [1.82, 2.24) is 0 Å². The third kappa shape index (κ3) is 2.12. The first-order valence-electron chi connectivity index (χ1n) is 5.72. The van der Waals surface area contributed by atoms with Crippen LogP contribution in [0.5, 0.6) is 0 Å². The number of hydrogen-bond acceptors (Lipinski definition) is 2. The monoisotopic (exact) mass is 295 g/mol. The van der Waals surface area contributed by atoms with Crippen LogP contribution in [-0.4, -0.2) is 11.9 Å². The summed E-state index contributed by atoms with van der Waals surface area (Å²) in [6.45, 7) is -4.76. The fraction of sp³-hybridized carbons (Fsp3) is 0.455. The van der Waals surface area contributed by atoms with Crippen molar-refractivity contribution in [2.24, 2.45) is 0 Å². The molecule has 3 aliphatic rings. The van der Waals surface area contributed by atoms with Crippen molar-refractivity contribution >= 4 is 12.7 Å². The van der Waals surface area contributed by atoms with Crippen molar-refractivity contribution in [3.8, 4) is 0 Å². The van der Waals surface area contributed by atoms with Crippen molar-refractivity contribution in [3.05, 3.63) is 39.9 Å². The molecule has 3 saturated carbocycles. The summed E-state index contributed by atoms with van der Waals surface area (Å²) < 4.78 is 38.3. The molecule has 19 heavy (non-hydrogen) atoms. The minimum Gasteiger partial charge on any atom is -0.449 e. The van der Waals surface area contributed by atoms with Crippen LogP contribution in [0.1, 0.15) is 24.8 Å². The zero-order valence-electron chi connectivity index (χ0n) is 10.4. The molecule has 96 valence electrons. The standard InChI is InChI=1S/C11H10BF3NO2.K/c13-12(14,15)11-5-10(6-11,7-11)8-1-3-9(4-2-8)16(17)18;/h1-4H,5-7H2;/q-1;+1. The van der Waals surface area contributed by atoms with Gasteiger partial charge in [-0.25, -0.2) is 0 Å². The third-order valence-electron chi connectivity index (χ3n) is 4.46. The SMILES string of the molecule is O=[N+]([O-])c1ccc(C23CC([B-](F)(F)F)(C2)C3)cc1.[K+]. The first kappa shape index (κ1) is 15.5. The molecule has 8 heteroatoms. The molecule has 3 aliphatic carbocycles. The zero-order valence-corrected chi connectivity index (χ0v) is 13.5. The Morgan fingerprint density at radius 3 is 1.95 bits per heavy atom. The normalized spacial score (nSPS) is 31.7. The maximum Gasteiger partial charge on any atom is 1.00 e. The van der Waals surface area contributed by atoms with E-state index in [9.17, 15) is 23.1 Å². The second-order valence-corrected chi connectivity index (χ2v) is 5.55. The predicted octanol–water partition coefficient (Wildman–Crippen LogP) is 0.622. The summed E-state index contributed by atoms with van der Waals surface area (Å²) in [6.07, 6.45) is 0.462. The Kier molecular flexibility index (Phi) is 3.72. The zero-order chi connectivity index (χ0) is 13.2. The molecule has 3 fully saturated rings. The molecule has 4 rings (SSSR count). The molecule has 0 aromatic heterocycles. The van der Waals surface area contributed by atoms with Crippen LogP contribution in [0.15, 0.2) is 24.3 Å². The van der Waals surface area contributed by atoms with Crippen LogP contribution in [0, 0.1) is 10.1 Å². The van der Waals surface area contributed by atoms with Crippen molar-refractivity contribution in [3.63, 3.8) is 0 Å². The van der Waals surface area contributed by atoms with Crippen LogP contribution in [0.25, 0.3) is 0 Å². The van der Waals surface area contributed by atoms with Gasteiger partial charge in [0, 0.05) is 12.1 Å². The molecule has 0 radical (unpaired) electrons. The molecule has 0 aliphatic heterocycles. The summed E-state index contributed by atoms with van der Waals surface area (Å²) in [5, 5.41) is 9.08. The van der Waals surface area contributed by atoms with E-state index in [1.54, 1.807) is 12.1 Å². The molecule has 0 amide bonds. The minimum atomic E-state index is -4.76. The molecule has 0 heterocycles. The number of rotatable bonds is 3. The number of non-ortho nitro benzene ring substituents is 1. The van der Waals surface area contributed by atoms with Gasteiger partial charge in [0.2, 0.25) is 0 Å². The van der Waals surface area contributed by atoms with E-state index < -0.39 is 17.2 Å². The summed E-state index contributed by atoms with van der Waals surface area (Å²) in [4.78, 5) is 9.99. The summed E-state index contributed by atoms with van der Waals surface area (Å²) in [5.41, 5.74) is 0.405. The Labute approximate surface area is 150 Å². The second kappa shape index (κ2) is 4.56. The number of nitro groups is 1. The van der Waals surface area contributed by atoms with Gasteiger partial charge in [-0.2, -0.15) is 0 Å². The van der Waals surface area contributed by atoms with E-state index in [-0.39, 0.29) is 81.7 Å². The van der Waals surface area contributed by atoms with E-state index >= 15 is 0 Å². The van der Waals surface area contributed by atoms with Gasteiger partial charge in [0.15, 0.2) is 0 Å². The fourth-order valence-electron chi connectivity index (χ4n) is 3.46. The van der Waals surface area contributed by atoms with Crippen LogP contribution in [-0.2, 0) is 5.41 Å². The van der Waals surface area contributed by atoms with Gasteiger partial charge in [-0.3, -0.25) is 10.1 Å². The molecular formula is C11H10BF3KNO2. The fourth-order valence-corrected chi connectivity index (χ4v) is 3.46. The Morgan fingerprint density at radius 2 is 1.58 bits per heavy atom. The molecule has 0 N–H and O–H groups in total. The van der Waals surface area contributed by atoms with Crippen molar-refractivity contribution in [2.45, 2.75) is 30.0 Å².